The van der Waals surface area contributed by atoms with Crippen LogP contribution >= 0.6 is 0 Å². The van der Waals surface area contributed by atoms with Gasteiger partial charge in [-0.05, 0) is 111 Å². The zero-order valence-corrected chi connectivity index (χ0v) is 22.4. The molecule has 0 bridgehead atoms. The second-order valence-corrected chi connectivity index (χ2v) is 11.4. The van der Waals surface area contributed by atoms with Crippen LogP contribution in [0.3, 0.4) is 0 Å². The first-order valence-electron chi connectivity index (χ1n) is 14.3. The van der Waals surface area contributed by atoms with E-state index in [2.05, 4.69) is 31.2 Å². The van der Waals surface area contributed by atoms with Crippen molar-refractivity contribution >= 4 is 0 Å². The summed E-state index contributed by atoms with van der Waals surface area (Å²) in [7, 11) is 1.24. The summed E-state index contributed by atoms with van der Waals surface area (Å²) in [6.07, 6.45) is 10.3. The van der Waals surface area contributed by atoms with Crippen molar-refractivity contribution in [1.29, 1.82) is 0 Å². The topological polar surface area (TPSA) is 9.23 Å². The SMILES string of the molecule is CCCCCc1ccc(C2CCC(C(F)(F)CC3CCC(c4cc(F)c(OC)c(F)c4)CC3)CC2)cc1. The Kier molecular flexibility index (Phi) is 9.58. The molecule has 2 aliphatic carbocycles. The van der Waals surface area contributed by atoms with Crippen molar-refractivity contribution in [2.45, 2.75) is 108 Å². The van der Waals surface area contributed by atoms with Gasteiger partial charge >= 0.3 is 0 Å². The summed E-state index contributed by atoms with van der Waals surface area (Å²) < 4.78 is 63.6. The summed E-state index contributed by atoms with van der Waals surface area (Å²) in [6.45, 7) is 2.21. The Morgan fingerprint density at radius 1 is 0.784 bits per heavy atom. The minimum Gasteiger partial charge on any atom is -0.491 e. The van der Waals surface area contributed by atoms with E-state index in [1.165, 1.54) is 49.6 Å². The van der Waals surface area contributed by atoms with Gasteiger partial charge < -0.3 is 4.74 Å². The molecule has 1 nitrogen and oxygen atoms in total. The molecule has 0 unspecified atom stereocenters. The summed E-state index contributed by atoms with van der Waals surface area (Å²) >= 11 is 0. The third-order valence-electron chi connectivity index (χ3n) is 8.95. The fourth-order valence-electron chi connectivity index (χ4n) is 6.65. The first-order valence-corrected chi connectivity index (χ1v) is 14.3. The van der Waals surface area contributed by atoms with Crippen molar-refractivity contribution in [3.05, 3.63) is 64.7 Å². The Hall–Kier alpha value is -2.04. The van der Waals surface area contributed by atoms with E-state index in [9.17, 15) is 8.78 Å². The average Bonchev–Trinajstić information content (AvgIpc) is 2.89. The molecule has 2 aromatic rings. The van der Waals surface area contributed by atoms with Crippen molar-refractivity contribution < 1.29 is 22.3 Å². The normalized spacial score (nSPS) is 24.7. The van der Waals surface area contributed by atoms with E-state index in [-0.39, 0.29) is 24.0 Å². The van der Waals surface area contributed by atoms with Gasteiger partial charge in [-0.2, -0.15) is 0 Å². The van der Waals surface area contributed by atoms with Crippen molar-refractivity contribution in [3.8, 4) is 5.75 Å². The average molecular weight is 519 g/mol. The second kappa shape index (κ2) is 12.7. The molecule has 0 heterocycles. The number of unbranched alkanes of at least 4 members (excludes halogenated alkanes) is 2. The summed E-state index contributed by atoms with van der Waals surface area (Å²) in [6, 6.07) is 11.5. The zero-order chi connectivity index (χ0) is 26.4. The van der Waals surface area contributed by atoms with E-state index in [4.69, 9.17) is 4.74 Å². The molecule has 204 valence electrons. The predicted molar refractivity (Wildman–Crippen MR) is 142 cm³/mol. The van der Waals surface area contributed by atoms with E-state index in [0.717, 1.165) is 19.3 Å². The Labute approximate surface area is 220 Å². The van der Waals surface area contributed by atoms with Gasteiger partial charge in [-0.1, -0.05) is 44.0 Å². The smallest absolute Gasteiger partial charge is 0.251 e. The van der Waals surface area contributed by atoms with E-state index >= 15 is 8.78 Å². The number of benzene rings is 2. The van der Waals surface area contributed by atoms with E-state index in [1.54, 1.807) is 0 Å². The lowest BCUT2D eigenvalue weighted by molar-refractivity contribution is -0.0929. The molecule has 0 spiro atoms. The third kappa shape index (κ3) is 7.09. The number of halogens is 4. The summed E-state index contributed by atoms with van der Waals surface area (Å²) in [5.74, 6) is -4.60. The second-order valence-electron chi connectivity index (χ2n) is 11.4. The monoisotopic (exact) mass is 518 g/mol. The highest BCUT2D eigenvalue weighted by molar-refractivity contribution is 5.33. The summed E-state index contributed by atoms with van der Waals surface area (Å²) in [5, 5.41) is 0. The molecule has 0 N–H and O–H groups in total. The van der Waals surface area contributed by atoms with Gasteiger partial charge in [-0.3, -0.25) is 0 Å². The summed E-state index contributed by atoms with van der Waals surface area (Å²) in [5.41, 5.74) is 3.27. The number of ether oxygens (including phenoxy) is 1. The predicted octanol–water partition coefficient (Wildman–Crippen LogP) is 9.98. The molecule has 5 heteroatoms. The van der Waals surface area contributed by atoms with Gasteiger partial charge in [0.2, 0.25) is 0 Å². The van der Waals surface area contributed by atoms with Crippen LogP contribution in [0.15, 0.2) is 36.4 Å². The van der Waals surface area contributed by atoms with Crippen LogP contribution < -0.4 is 4.74 Å². The maximum Gasteiger partial charge on any atom is 0.251 e. The molecule has 37 heavy (non-hydrogen) atoms. The van der Waals surface area contributed by atoms with E-state index < -0.39 is 23.5 Å². The van der Waals surface area contributed by atoms with Crippen LogP contribution in [-0.4, -0.2) is 13.0 Å². The lowest BCUT2D eigenvalue weighted by Gasteiger charge is -2.37. The molecule has 2 fully saturated rings. The number of hydrogen-bond donors (Lipinski definition) is 0. The van der Waals surface area contributed by atoms with Crippen LogP contribution in [0, 0.1) is 23.5 Å². The molecule has 2 aromatic carbocycles. The lowest BCUT2D eigenvalue weighted by atomic mass is 9.72. The molecule has 2 saturated carbocycles. The van der Waals surface area contributed by atoms with Gasteiger partial charge in [-0.15, -0.1) is 0 Å². The highest BCUT2D eigenvalue weighted by Gasteiger charge is 2.43. The molecule has 2 aliphatic rings. The Bertz CT molecular complexity index is 963. The fraction of sp³-hybridized carbons (Fsp3) is 0.625. The van der Waals surface area contributed by atoms with Crippen molar-refractivity contribution in [2.75, 3.05) is 7.11 Å². The molecule has 0 radical (unpaired) electrons. The standard InChI is InChI=1S/C32H42F4O/c1-3-4-5-6-22-7-11-24(12-8-22)25-15-17-28(18-16-25)32(35,36)21-23-9-13-26(14-10-23)27-19-29(33)31(37-2)30(34)20-27/h7-8,11-12,19-20,23,25-26,28H,3-6,9-10,13-18,21H2,1-2H3. The quantitative estimate of drug-likeness (QED) is 0.225. The Balaban J connectivity index is 1.24. The first kappa shape index (κ1) is 28.0. The molecular weight excluding hydrogens is 476 g/mol. The minimum absolute atomic E-state index is 0.00764. The molecule has 0 amide bonds. The first-order chi connectivity index (χ1) is 17.8. The largest absolute Gasteiger partial charge is 0.491 e. The van der Waals surface area contributed by atoms with Gasteiger partial charge in [0.25, 0.3) is 5.92 Å². The number of rotatable bonds is 10. The van der Waals surface area contributed by atoms with E-state index in [0.29, 0.717) is 50.0 Å². The van der Waals surface area contributed by atoms with Crippen LogP contribution in [0.1, 0.15) is 112 Å². The van der Waals surface area contributed by atoms with Crippen molar-refractivity contribution in [2.24, 2.45) is 11.8 Å². The number of methoxy groups -OCH3 is 1. The summed E-state index contributed by atoms with van der Waals surface area (Å²) in [4.78, 5) is 0. The molecule has 0 aliphatic heterocycles. The number of aryl methyl sites for hydroxylation is 1. The molecule has 0 aromatic heterocycles. The van der Waals surface area contributed by atoms with Gasteiger partial charge in [0.05, 0.1) is 7.11 Å². The fourth-order valence-corrected chi connectivity index (χ4v) is 6.65. The van der Waals surface area contributed by atoms with Gasteiger partial charge in [0.15, 0.2) is 17.4 Å². The molecule has 0 atom stereocenters. The zero-order valence-electron chi connectivity index (χ0n) is 22.4. The minimum atomic E-state index is -2.65. The van der Waals surface area contributed by atoms with Gasteiger partial charge in [0, 0.05) is 12.3 Å². The van der Waals surface area contributed by atoms with Gasteiger partial charge in [-0.25, -0.2) is 17.6 Å². The lowest BCUT2D eigenvalue weighted by Crippen LogP contribution is -2.34. The number of hydrogen-bond acceptors (Lipinski definition) is 1. The van der Waals surface area contributed by atoms with Crippen LogP contribution in [0.2, 0.25) is 0 Å². The highest BCUT2D eigenvalue weighted by Crippen LogP contribution is 2.47. The van der Waals surface area contributed by atoms with Crippen molar-refractivity contribution in [1.82, 2.24) is 0 Å². The van der Waals surface area contributed by atoms with Gasteiger partial charge in [0.1, 0.15) is 0 Å². The van der Waals surface area contributed by atoms with Crippen LogP contribution in [0.25, 0.3) is 0 Å². The van der Waals surface area contributed by atoms with Crippen molar-refractivity contribution in [3.63, 3.8) is 0 Å². The van der Waals surface area contributed by atoms with Crippen LogP contribution in [-0.2, 0) is 6.42 Å². The highest BCUT2D eigenvalue weighted by atomic mass is 19.3. The maximum absolute atomic E-state index is 15.3. The van der Waals surface area contributed by atoms with E-state index in [1.807, 2.05) is 0 Å². The third-order valence-corrected chi connectivity index (χ3v) is 8.95. The maximum atomic E-state index is 15.3. The Morgan fingerprint density at radius 2 is 1.35 bits per heavy atom. The molecule has 4 rings (SSSR count). The molecular formula is C32H42F4O. The van der Waals surface area contributed by atoms with Crippen LogP contribution in [0.4, 0.5) is 17.6 Å². The molecule has 0 saturated heterocycles. The Morgan fingerprint density at radius 3 is 1.92 bits per heavy atom. The number of alkyl halides is 2. The van der Waals surface area contributed by atoms with Crippen LogP contribution in [0.5, 0.6) is 5.75 Å².